The van der Waals surface area contributed by atoms with Gasteiger partial charge in [-0.05, 0) is 43.0 Å². The predicted molar refractivity (Wildman–Crippen MR) is 101 cm³/mol. The topological polar surface area (TPSA) is 99.3 Å². The normalized spacial score (nSPS) is 10.9. The first-order chi connectivity index (χ1) is 13.0. The van der Waals surface area contributed by atoms with Gasteiger partial charge in [-0.25, -0.2) is 4.79 Å². The number of carbonyl (C=O) groups is 1. The van der Waals surface area contributed by atoms with Crippen LogP contribution in [0.1, 0.15) is 31.4 Å². The Balaban J connectivity index is 1.77. The van der Waals surface area contributed by atoms with Crippen LogP contribution in [0.15, 0.2) is 33.6 Å². The van der Waals surface area contributed by atoms with E-state index in [0.29, 0.717) is 35.5 Å². The van der Waals surface area contributed by atoms with E-state index in [1.54, 1.807) is 6.07 Å². The van der Waals surface area contributed by atoms with Crippen LogP contribution >= 0.6 is 0 Å². The molecule has 1 amide bonds. The summed E-state index contributed by atoms with van der Waals surface area (Å²) in [7, 11) is 0. The Hall–Kier alpha value is -3.16. The van der Waals surface area contributed by atoms with Crippen LogP contribution in [-0.4, -0.2) is 27.5 Å². The number of ether oxygens (including phenoxy) is 1. The first kappa shape index (κ1) is 18.6. The van der Waals surface area contributed by atoms with Crippen molar-refractivity contribution < 1.29 is 13.9 Å². The number of amides is 1. The molecule has 1 aromatic carbocycles. The summed E-state index contributed by atoms with van der Waals surface area (Å²) in [5, 5.41) is 11.6. The Bertz CT molecular complexity index is 1020. The molecule has 0 aliphatic carbocycles. The molecule has 0 radical (unpaired) electrons. The standard InChI is InChI=1S/C19H22N4O4/c1-4-6-23-20-10-16(22-23)21-17(24)11-26-14-7-12(3)8-15-19(14)13(5-2)9-18(25)27-15/h7-10H,4-6,11H2,1-3H3,(H,21,22,24). The molecular formula is C19H22N4O4. The van der Waals surface area contributed by atoms with Crippen LogP contribution in [-0.2, 0) is 17.8 Å². The highest BCUT2D eigenvalue weighted by Gasteiger charge is 2.14. The third-order valence-electron chi connectivity index (χ3n) is 4.00. The maximum Gasteiger partial charge on any atom is 0.336 e. The van der Waals surface area contributed by atoms with Gasteiger partial charge in [0.1, 0.15) is 11.3 Å². The molecule has 3 aromatic rings. The van der Waals surface area contributed by atoms with Crippen LogP contribution in [0.25, 0.3) is 11.0 Å². The Labute approximate surface area is 156 Å². The third kappa shape index (κ3) is 4.33. The molecule has 0 saturated heterocycles. The van der Waals surface area contributed by atoms with E-state index in [4.69, 9.17) is 9.15 Å². The molecule has 142 valence electrons. The van der Waals surface area contributed by atoms with Crippen molar-refractivity contribution >= 4 is 22.7 Å². The number of nitrogens with zero attached hydrogens (tertiary/aromatic N) is 3. The summed E-state index contributed by atoms with van der Waals surface area (Å²) in [5.74, 6) is 0.547. The molecule has 2 heterocycles. The lowest BCUT2D eigenvalue weighted by atomic mass is 10.1. The van der Waals surface area contributed by atoms with Crippen molar-refractivity contribution in [1.82, 2.24) is 15.0 Å². The second-order valence-corrected chi connectivity index (χ2v) is 6.24. The molecule has 2 aromatic heterocycles. The Morgan fingerprint density at radius 3 is 2.85 bits per heavy atom. The minimum Gasteiger partial charge on any atom is -0.483 e. The van der Waals surface area contributed by atoms with Gasteiger partial charge in [0.05, 0.1) is 18.1 Å². The van der Waals surface area contributed by atoms with E-state index < -0.39 is 5.63 Å². The summed E-state index contributed by atoms with van der Waals surface area (Å²) in [5.41, 5.74) is 1.75. The highest BCUT2D eigenvalue weighted by atomic mass is 16.5. The van der Waals surface area contributed by atoms with Gasteiger partial charge in [0.25, 0.3) is 5.91 Å². The minimum absolute atomic E-state index is 0.193. The molecule has 27 heavy (non-hydrogen) atoms. The van der Waals surface area contributed by atoms with Crippen molar-refractivity contribution in [3.63, 3.8) is 0 Å². The average Bonchev–Trinajstić information content (AvgIpc) is 3.05. The summed E-state index contributed by atoms with van der Waals surface area (Å²) in [6.07, 6.45) is 3.05. The molecule has 8 heteroatoms. The number of carbonyl (C=O) groups excluding carboxylic acids is 1. The zero-order chi connectivity index (χ0) is 19.4. The molecule has 0 aliphatic rings. The Morgan fingerprint density at radius 1 is 1.30 bits per heavy atom. The molecule has 0 unspecified atom stereocenters. The molecule has 0 aliphatic heterocycles. The smallest absolute Gasteiger partial charge is 0.336 e. The van der Waals surface area contributed by atoms with Crippen LogP contribution in [0, 0.1) is 6.92 Å². The van der Waals surface area contributed by atoms with Gasteiger partial charge in [-0.3, -0.25) is 4.79 Å². The summed E-state index contributed by atoms with van der Waals surface area (Å²) in [6, 6.07) is 5.07. The SMILES string of the molecule is CCCn1ncc(NC(=O)COc2cc(C)cc3oc(=O)cc(CC)c23)n1. The molecule has 3 rings (SSSR count). The largest absolute Gasteiger partial charge is 0.483 e. The second-order valence-electron chi connectivity index (χ2n) is 6.24. The minimum atomic E-state index is -0.399. The molecule has 1 N–H and O–H groups in total. The number of anilines is 1. The highest BCUT2D eigenvalue weighted by Crippen LogP contribution is 2.30. The summed E-state index contributed by atoms with van der Waals surface area (Å²) in [6.45, 7) is 6.34. The molecule has 0 fully saturated rings. The number of fused-ring (bicyclic) bond motifs is 1. The molecule has 0 saturated carbocycles. The fraction of sp³-hybridized carbons (Fsp3) is 0.368. The molecular weight excluding hydrogens is 348 g/mol. The van der Waals surface area contributed by atoms with Crippen LogP contribution in [0.3, 0.4) is 0 Å². The van der Waals surface area contributed by atoms with Crippen molar-refractivity contribution in [2.45, 2.75) is 40.2 Å². The lowest BCUT2D eigenvalue weighted by molar-refractivity contribution is -0.118. The number of benzene rings is 1. The van der Waals surface area contributed by atoms with Crippen molar-refractivity contribution in [2.75, 3.05) is 11.9 Å². The Morgan fingerprint density at radius 2 is 2.11 bits per heavy atom. The van der Waals surface area contributed by atoms with Gasteiger partial charge >= 0.3 is 5.63 Å². The first-order valence-corrected chi connectivity index (χ1v) is 8.90. The van der Waals surface area contributed by atoms with Gasteiger partial charge in [-0.1, -0.05) is 13.8 Å². The van der Waals surface area contributed by atoms with E-state index in [1.807, 2.05) is 26.8 Å². The molecule has 0 atom stereocenters. The van der Waals surface area contributed by atoms with E-state index in [9.17, 15) is 9.59 Å². The van der Waals surface area contributed by atoms with Gasteiger partial charge in [0, 0.05) is 6.07 Å². The lowest BCUT2D eigenvalue weighted by Gasteiger charge is -2.12. The highest BCUT2D eigenvalue weighted by molar-refractivity contribution is 5.92. The maximum atomic E-state index is 12.2. The molecule has 0 spiro atoms. The van der Waals surface area contributed by atoms with Gasteiger partial charge in [-0.15, -0.1) is 5.10 Å². The van der Waals surface area contributed by atoms with Gasteiger partial charge in [0.15, 0.2) is 12.4 Å². The van der Waals surface area contributed by atoms with Gasteiger partial charge < -0.3 is 14.5 Å². The van der Waals surface area contributed by atoms with E-state index >= 15 is 0 Å². The van der Waals surface area contributed by atoms with Crippen LogP contribution in [0.4, 0.5) is 5.82 Å². The second kappa shape index (κ2) is 8.03. The average molecular weight is 370 g/mol. The number of aromatic nitrogens is 3. The molecule has 8 nitrogen and oxygen atoms in total. The fourth-order valence-corrected chi connectivity index (χ4v) is 2.85. The number of aryl methyl sites for hydroxylation is 3. The number of hydrogen-bond donors (Lipinski definition) is 1. The maximum absolute atomic E-state index is 12.2. The van der Waals surface area contributed by atoms with Crippen molar-refractivity contribution in [1.29, 1.82) is 0 Å². The first-order valence-electron chi connectivity index (χ1n) is 8.90. The number of nitrogens with one attached hydrogen (secondary N) is 1. The van der Waals surface area contributed by atoms with Crippen LogP contribution in [0.2, 0.25) is 0 Å². The fourth-order valence-electron chi connectivity index (χ4n) is 2.85. The van der Waals surface area contributed by atoms with Gasteiger partial charge in [-0.2, -0.15) is 9.90 Å². The summed E-state index contributed by atoms with van der Waals surface area (Å²) >= 11 is 0. The van der Waals surface area contributed by atoms with Crippen molar-refractivity contribution in [2.24, 2.45) is 0 Å². The zero-order valence-electron chi connectivity index (χ0n) is 15.6. The van der Waals surface area contributed by atoms with Crippen LogP contribution < -0.4 is 15.7 Å². The van der Waals surface area contributed by atoms with E-state index in [-0.39, 0.29) is 12.5 Å². The number of hydrogen-bond acceptors (Lipinski definition) is 6. The number of rotatable bonds is 7. The zero-order valence-corrected chi connectivity index (χ0v) is 15.6. The third-order valence-corrected chi connectivity index (χ3v) is 4.00. The molecule has 0 bridgehead atoms. The predicted octanol–water partition coefficient (Wildman–Crippen LogP) is 2.68. The van der Waals surface area contributed by atoms with Crippen molar-refractivity contribution in [3.8, 4) is 5.75 Å². The Kier molecular flexibility index (Phi) is 5.54. The quantitative estimate of drug-likeness (QED) is 0.642. The summed E-state index contributed by atoms with van der Waals surface area (Å²) < 4.78 is 11.0. The van der Waals surface area contributed by atoms with E-state index in [0.717, 1.165) is 17.5 Å². The summed E-state index contributed by atoms with van der Waals surface area (Å²) in [4.78, 5) is 25.4. The lowest BCUT2D eigenvalue weighted by Crippen LogP contribution is -2.21. The van der Waals surface area contributed by atoms with Crippen molar-refractivity contribution in [3.05, 3.63) is 45.9 Å². The monoisotopic (exact) mass is 370 g/mol. The van der Waals surface area contributed by atoms with E-state index in [2.05, 4.69) is 15.5 Å². The van der Waals surface area contributed by atoms with Crippen LogP contribution in [0.5, 0.6) is 5.75 Å². The van der Waals surface area contributed by atoms with E-state index in [1.165, 1.54) is 17.1 Å². The van der Waals surface area contributed by atoms with Gasteiger partial charge in [0.2, 0.25) is 0 Å².